The number of fused-ring (bicyclic) bond motifs is 1. The van der Waals surface area contributed by atoms with E-state index < -0.39 is 0 Å². The molecule has 0 spiro atoms. The maximum absolute atomic E-state index is 12.8. The van der Waals surface area contributed by atoms with Crippen molar-refractivity contribution in [2.45, 2.75) is 20.0 Å². The molecule has 0 atom stereocenters. The Morgan fingerprint density at radius 2 is 1.93 bits per heavy atom. The molecular formula is C21H17BrN4O2. The van der Waals surface area contributed by atoms with Crippen LogP contribution in [0.1, 0.15) is 27.4 Å². The molecule has 6 nitrogen and oxygen atoms in total. The van der Waals surface area contributed by atoms with Gasteiger partial charge in [-0.05, 0) is 64.8 Å². The number of carbonyl (C=O) groups excluding carboxylic acids is 1. The first kappa shape index (κ1) is 17.1. The van der Waals surface area contributed by atoms with Crippen LogP contribution in [0.3, 0.4) is 0 Å². The number of carbonyl (C=O) groups is 1. The molecule has 1 aliphatic heterocycles. The fourth-order valence-electron chi connectivity index (χ4n) is 3.61. The van der Waals surface area contributed by atoms with E-state index in [-0.39, 0.29) is 5.91 Å². The van der Waals surface area contributed by atoms with E-state index in [2.05, 4.69) is 35.0 Å². The number of hydrogen-bond donors (Lipinski definition) is 0. The van der Waals surface area contributed by atoms with E-state index in [1.54, 1.807) is 17.0 Å². The number of hydrogen-bond acceptors (Lipinski definition) is 3. The third-order valence-corrected chi connectivity index (χ3v) is 5.32. The highest BCUT2D eigenvalue weighted by atomic mass is 79.9. The molecule has 4 heterocycles. The molecule has 0 saturated heterocycles. The maximum Gasteiger partial charge on any atom is 0.290 e. The van der Waals surface area contributed by atoms with Crippen LogP contribution in [0.25, 0.3) is 11.5 Å². The van der Waals surface area contributed by atoms with Crippen LogP contribution in [0, 0.1) is 6.92 Å². The van der Waals surface area contributed by atoms with Crippen molar-refractivity contribution in [2.24, 2.45) is 0 Å². The topological polar surface area (TPSA) is 56.2 Å². The van der Waals surface area contributed by atoms with Gasteiger partial charge in [-0.1, -0.05) is 12.1 Å². The van der Waals surface area contributed by atoms with Gasteiger partial charge in [0.15, 0.2) is 10.4 Å². The van der Waals surface area contributed by atoms with E-state index in [9.17, 15) is 4.79 Å². The molecule has 140 valence electrons. The number of rotatable bonds is 3. The normalized spacial score (nSPS) is 13.1. The number of aromatic nitrogens is 3. The average molecular weight is 437 g/mol. The fraction of sp³-hybridized carbons (Fsp3) is 0.143. The summed E-state index contributed by atoms with van der Waals surface area (Å²) >= 11 is 3.25. The van der Waals surface area contributed by atoms with Crippen LogP contribution in [0.15, 0.2) is 70.0 Å². The van der Waals surface area contributed by atoms with Crippen molar-refractivity contribution in [3.63, 3.8) is 0 Å². The van der Waals surface area contributed by atoms with Crippen LogP contribution < -0.4 is 0 Å². The number of nitrogens with zero attached hydrogens (tertiary/aromatic N) is 4. The number of benzene rings is 1. The molecule has 0 N–H and O–H groups in total. The number of furan rings is 1. The molecule has 0 bridgehead atoms. The van der Waals surface area contributed by atoms with Gasteiger partial charge < -0.3 is 13.9 Å². The molecule has 28 heavy (non-hydrogen) atoms. The van der Waals surface area contributed by atoms with Gasteiger partial charge in [0.05, 0.1) is 24.5 Å². The molecule has 0 aliphatic carbocycles. The summed E-state index contributed by atoms with van der Waals surface area (Å²) in [6.45, 7) is 3.02. The number of aryl methyl sites for hydroxylation is 1. The Morgan fingerprint density at radius 3 is 2.64 bits per heavy atom. The minimum atomic E-state index is -0.135. The smallest absolute Gasteiger partial charge is 0.290 e. The number of halogens is 1. The molecule has 7 heteroatoms. The van der Waals surface area contributed by atoms with Crippen LogP contribution in [0.2, 0.25) is 0 Å². The highest BCUT2D eigenvalue weighted by Gasteiger charge is 2.32. The monoisotopic (exact) mass is 436 g/mol. The van der Waals surface area contributed by atoms with Crippen molar-refractivity contribution < 1.29 is 9.21 Å². The lowest BCUT2D eigenvalue weighted by Gasteiger charge is -2.16. The van der Waals surface area contributed by atoms with Crippen LogP contribution in [-0.4, -0.2) is 25.2 Å². The molecule has 1 aliphatic rings. The van der Waals surface area contributed by atoms with Gasteiger partial charge >= 0.3 is 0 Å². The lowest BCUT2D eigenvalue weighted by Crippen LogP contribution is -2.26. The van der Waals surface area contributed by atoms with Crippen LogP contribution in [0.5, 0.6) is 0 Å². The van der Waals surface area contributed by atoms with E-state index in [0.29, 0.717) is 23.5 Å². The maximum atomic E-state index is 12.8. The van der Waals surface area contributed by atoms with Crippen LogP contribution in [0.4, 0.5) is 0 Å². The summed E-state index contributed by atoms with van der Waals surface area (Å²) in [5.41, 5.74) is 4.14. The van der Waals surface area contributed by atoms with Gasteiger partial charge in [0, 0.05) is 18.0 Å². The van der Waals surface area contributed by atoms with Gasteiger partial charge in [-0.2, -0.15) is 5.10 Å². The van der Waals surface area contributed by atoms with Crippen molar-refractivity contribution >= 4 is 21.8 Å². The zero-order chi connectivity index (χ0) is 19.3. The van der Waals surface area contributed by atoms with E-state index in [0.717, 1.165) is 22.8 Å². The number of amides is 1. The zero-order valence-corrected chi connectivity index (χ0v) is 16.8. The summed E-state index contributed by atoms with van der Waals surface area (Å²) in [5.74, 6) is 1.15. The SMILES string of the molecule is Cc1cccc(-n2nc3c(c2-n2cccc2)CN(C(=O)c2ccc(Br)o2)C3)c1. The highest BCUT2D eigenvalue weighted by molar-refractivity contribution is 9.10. The minimum Gasteiger partial charge on any atom is -0.444 e. The second kappa shape index (κ2) is 6.53. The third-order valence-electron chi connectivity index (χ3n) is 4.90. The summed E-state index contributed by atoms with van der Waals surface area (Å²) in [5, 5.41) is 4.85. The molecule has 1 aromatic carbocycles. The third kappa shape index (κ3) is 2.79. The summed E-state index contributed by atoms with van der Waals surface area (Å²) in [4.78, 5) is 14.6. The van der Waals surface area contributed by atoms with E-state index in [4.69, 9.17) is 9.52 Å². The van der Waals surface area contributed by atoms with Gasteiger partial charge in [-0.3, -0.25) is 4.79 Å². The minimum absolute atomic E-state index is 0.135. The first-order chi connectivity index (χ1) is 13.6. The van der Waals surface area contributed by atoms with Gasteiger partial charge in [0.25, 0.3) is 5.91 Å². The molecule has 1 amide bonds. The second-order valence-corrected chi connectivity index (χ2v) is 7.64. The van der Waals surface area contributed by atoms with Crippen molar-refractivity contribution in [1.82, 2.24) is 19.2 Å². The summed E-state index contributed by atoms with van der Waals surface area (Å²) < 4.78 is 9.99. The Bertz CT molecular complexity index is 1170. The van der Waals surface area contributed by atoms with Crippen molar-refractivity contribution in [2.75, 3.05) is 0 Å². The standard InChI is InChI=1S/C21H17BrN4O2/c1-14-5-4-6-15(11-14)26-20(24-9-2-3-10-24)16-12-25(13-17(16)23-26)21(27)18-7-8-19(22)28-18/h2-11H,12-13H2,1H3. The Labute approximate surface area is 170 Å². The van der Waals surface area contributed by atoms with E-state index in [1.165, 1.54) is 5.56 Å². The molecule has 0 saturated carbocycles. The van der Waals surface area contributed by atoms with Gasteiger partial charge in [-0.25, -0.2) is 4.68 Å². The predicted octanol–water partition coefficient (Wildman–Crippen LogP) is 4.48. The largest absolute Gasteiger partial charge is 0.444 e. The molecule has 3 aromatic heterocycles. The van der Waals surface area contributed by atoms with Crippen LogP contribution in [-0.2, 0) is 13.1 Å². The Kier molecular flexibility index (Phi) is 3.98. The van der Waals surface area contributed by atoms with Crippen molar-refractivity contribution in [1.29, 1.82) is 0 Å². The molecular weight excluding hydrogens is 420 g/mol. The zero-order valence-electron chi connectivity index (χ0n) is 15.2. The van der Waals surface area contributed by atoms with Crippen molar-refractivity contribution in [3.8, 4) is 11.5 Å². The Balaban J connectivity index is 1.56. The summed E-state index contributed by atoms with van der Waals surface area (Å²) in [6.07, 6.45) is 4.00. The first-order valence-electron chi connectivity index (χ1n) is 8.96. The second-order valence-electron chi connectivity index (χ2n) is 6.85. The first-order valence-corrected chi connectivity index (χ1v) is 9.75. The van der Waals surface area contributed by atoms with Gasteiger partial charge in [0.2, 0.25) is 0 Å². The average Bonchev–Trinajstić information content (AvgIpc) is 3.44. The molecule has 5 rings (SSSR count). The predicted molar refractivity (Wildman–Crippen MR) is 108 cm³/mol. The lowest BCUT2D eigenvalue weighted by molar-refractivity contribution is 0.0715. The van der Waals surface area contributed by atoms with E-state index in [1.807, 2.05) is 45.9 Å². The summed E-state index contributed by atoms with van der Waals surface area (Å²) in [7, 11) is 0. The van der Waals surface area contributed by atoms with Crippen molar-refractivity contribution in [3.05, 3.63) is 88.2 Å². The molecule has 4 aromatic rings. The van der Waals surface area contributed by atoms with Gasteiger partial charge in [0.1, 0.15) is 5.82 Å². The quantitative estimate of drug-likeness (QED) is 0.475. The fourth-order valence-corrected chi connectivity index (χ4v) is 3.92. The van der Waals surface area contributed by atoms with Crippen LogP contribution >= 0.6 is 15.9 Å². The lowest BCUT2D eigenvalue weighted by atomic mass is 10.2. The highest BCUT2D eigenvalue weighted by Crippen LogP contribution is 2.32. The molecule has 0 fully saturated rings. The molecule has 0 radical (unpaired) electrons. The Morgan fingerprint density at radius 1 is 1.11 bits per heavy atom. The Hall–Kier alpha value is -3.06. The summed E-state index contributed by atoms with van der Waals surface area (Å²) in [6, 6.07) is 15.6. The van der Waals surface area contributed by atoms with Gasteiger partial charge in [-0.15, -0.1) is 0 Å². The van der Waals surface area contributed by atoms with E-state index >= 15 is 0 Å². The molecule has 0 unspecified atom stereocenters.